The molecule has 0 aliphatic heterocycles. The Labute approximate surface area is 193 Å². The number of para-hydroxylation sites is 2. The number of anilines is 2. The topological polar surface area (TPSA) is 93.4 Å². The van der Waals surface area contributed by atoms with E-state index in [2.05, 4.69) is 10.6 Å². The van der Waals surface area contributed by atoms with Crippen LogP contribution in [-0.2, 0) is 4.79 Å². The fourth-order valence-electron chi connectivity index (χ4n) is 3.52. The Balaban J connectivity index is 1.59. The first kappa shape index (κ1) is 22.1. The number of carbonyl (C=O) groups excluding carboxylic acids is 2. The summed E-state index contributed by atoms with van der Waals surface area (Å²) < 4.78 is 5.30. The average molecular weight is 442 g/mol. The Morgan fingerprint density at radius 2 is 1.76 bits per heavy atom. The Bertz CT molecular complexity index is 1210. The van der Waals surface area contributed by atoms with Crippen LogP contribution in [0.2, 0.25) is 0 Å². The third kappa shape index (κ3) is 5.41. The highest BCUT2D eigenvalue weighted by Crippen LogP contribution is 2.28. The summed E-state index contributed by atoms with van der Waals surface area (Å²) in [5.41, 5.74) is 10.7. The molecule has 168 valence electrons. The second-order valence-corrected chi connectivity index (χ2v) is 8.15. The lowest BCUT2D eigenvalue weighted by Crippen LogP contribution is -2.26. The minimum absolute atomic E-state index is 0.105. The number of carbonyl (C=O) groups is 2. The standard InChI is InChI=1S/C27H27N3O3/c1-17-15-21(33-2)13-14-22(17)23(27(32)29-20-11-12-20)16-18-7-9-19(10-8-18)26(31)30-25-6-4-3-5-24(25)28/h3-10,13-16,20H,11-12,28H2,1-2H3,(H,29,32)(H,30,31)/b23-16+. The molecule has 0 heterocycles. The summed E-state index contributed by atoms with van der Waals surface area (Å²) in [5.74, 6) is 0.390. The zero-order valence-electron chi connectivity index (χ0n) is 18.7. The molecule has 33 heavy (non-hydrogen) atoms. The first-order valence-electron chi connectivity index (χ1n) is 10.9. The van der Waals surface area contributed by atoms with E-state index in [1.807, 2.05) is 55.5 Å². The van der Waals surface area contributed by atoms with E-state index in [-0.39, 0.29) is 17.9 Å². The minimum atomic E-state index is -0.249. The van der Waals surface area contributed by atoms with Gasteiger partial charge < -0.3 is 21.1 Å². The van der Waals surface area contributed by atoms with E-state index < -0.39 is 0 Å². The van der Waals surface area contributed by atoms with Gasteiger partial charge in [-0.15, -0.1) is 0 Å². The van der Waals surface area contributed by atoms with Crippen molar-refractivity contribution in [1.82, 2.24) is 5.32 Å². The van der Waals surface area contributed by atoms with Crippen molar-refractivity contribution in [2.45, 2.75) is 25.8 Å². The van der Waals surface area contributed by atoms with Crippen LogP contribution >= 0.6 is 0 Å². The highest BCUT2D eigenvalue weighted by molar-refractivity contribution is 6.24. The highest BCUT2D eigenvalue weighted by atomic mass is 16.5. The molecular weight excluding hydrogens is 414 g/mol. The lowest BCUT2D eigenvalue weighted by atomic mass is 9.97. The monoisotopic (exact) mass is 441 g/mol. The van der Waals surface area contributed by atoms with E-state index in [0.717, 1.165) is 35.3 Å². The maximum atomic E-state index is 13.0. The lowest BCUT2D eigenvalue weighted by molar-refractivity contribution is -0.115. The van der Waals surface area contributed by atoms with Crippen molar-refractivity contribution in [3.05, 3.63) is 89.0 Å². The second kappa shape index (κ2) is 9.61. The van der Waals surface area contributed by atoms with Crippen LogP contribution in [0, 0.1) is 6.92 Å². The number of amides is 2. The molecule has 3 aromatic carbocycles. The van der Waals surface area contributed by atoms with Crippen LogP contribution in [0.1, 0.15) is 39.9 Å². The number of ether oxygens (including phenoxy) is 1. The quantitative estimate of drug-likeness (QED) is 0.282. The average Bonchev–Trinajstić information content (AvgIpc) is 3.63. The van der Waals surface area contributed by atoms with E-state index in [1.54, 1.807) is 31.4 Å². The van der Waals surface area contributed by atoms with Gasteiger partial charge >= 0.3 is 0 Å². The second-order valence-electron chi connectivity index (χ2n) is 8.15. The van der Waals surface area contributed by atoms with Crippen LogP contribution in [0.5, 0.6) is 5.75 Å². The van der Waals surface area contributed by atoms with Crippen molar-refractivity contribution < 1.29 is 14.3 Å². The fraction of sp³-hybridized carbons (Fsp3) is 0.185. The van der Waals surface area contributed by atoms with Gasteiger partial charge in [-0.1, -0.05) is 30.3 Å². The van der Waals surface area contributed by atoms with Gasteiger partial charge in [-0.05, 0) is 78.9 Å². The number of hydrogen-bond donors (Lipinski definition) is 3. The van der Waals surface area contributed by atoms with Crippen LogP contribution in [0.15, 0.2) is 66.7 Å². The number of hydrogen-bond acceptors (Lipinski definition) is 4. The van der Waals surface area contributed by atoms with E-state index in [1.165, 1.54) is 0 Å². The molecule has 1 aliphatic carbocycles. The van der Waals surface area contributed by atoms with Crippen molar-refractivity contribution in [2.24, 2.45) is 0 Å². The summed E-state index contributed by atoms with van der Waals surface area (Å²) in [4.78, 5) is 25.6. The molecule has 3 aromatic rings. The smallest absolute Gasteiger partial charge is 0.255 e. The summed E-state index contributed by atoms with van der Waals surface area (Å²) in [6, 6.07) is 20.1. The van der Waals surface area contributed by atoms with E-state index in [0.29, 0.717) is 22.5 Å². The Morgan fingerprint density at radius 1 is 1.03 bits per heavy atom. The number of nitrogens with one attached hydrogen (secondary N) is 2. The van der Waals surface area contributed by atoms with Gasteiger partial charge in [0.2, 0.25) is 0 Å². The van der Waals surface area contributed by atoms with Gasteiger partial charge in [-0.3, -0.25) is 9.59 Å². The maximum absolute atomic E-state index is 13.0. The molecule has 0 aromatic heterocycles. The van der Waals surface area contributed by atoms with Crippen LogP contribution < -0.4 is 21.1 Å². The first-order chi connectivity index (χ1) is 15.9. The van der Waals surface area contributed by atoms with Gasteiger partial charge in [0.15, 0.2) is 0 Å². The van der Waals surface area contributed by atoms with Gasteiger partial charge in [0, 0.05) is 17.2 Å². The zero-order valence-corrected chi connectivity index (χ0v) is 18.7. The SMILES string of the molecule is COc1ccc(/C(=C\c2ccc(C(=O)Nc3ccccc3N)cc2)C(=O)NC2CC2)c(C)c1. The molecule has 6 nitrogen and oxygen atoms in total. The van der Waals surface area contributed by atoms with Crippen molar-refractivity contribution in [1.29, 1.82) is 0 Å². The highest BCUT2D eigenvalue weighted by Gasteiger charge is 2.25. The molecule has 1 aliphatic rings. The fourth-order valence-corrected chi connectivity index (χ4v) is 3.52. The maximum Gasteiger partial charge on any atom is 0.255 e. The zero-order chi connectivity index (χ0) is 23.4. The van der Waals surface area contributed by atoms with Gasteiger partial charge in [0.1, 0.15) is 5.75 Å². The summed E-state index contributed by atoms with van der Waals surface area (Å²) >= 11 is 0. The minimum Gasteiger partial charge on any atom is -0.497 e. The molecule has 0 saturated heterocycles. The van der Waals surface area contributed by atoms with Crippen LogP contribution in [-0.4, -0.2) is 25.0 Å². The van der Waals surface area contributed by atoms with Gasteiger partial charge in [-0.2, -0.15) is 0 Å². The molecule has 0 atom stereocenters. The first-order valence-corrected chi connectivity index (χ1v) is 10.9. The largest absolute Gasteiger partial charge is 0.497 e. The predicted octanol–water partition coefficient (Wildman–Crippen LogP) is 4.66. The molecule has 1 saturated carbocycles. The normalized spacial score (nSPS) is 13.3. The molecule has 0 bridgehead atoms. The van der Waals surface area contributed by atoms with E-state index >= 15 is 0 Å². The van der Waals surface area contributed by atoms with Crippen LogP contribution in [0.4, 0.5) is 11.4 Å². The third-order valence-electron chi connectivity index (χ3n) is 5.57. The summed E-state index contributed by atoms with van der Waals surface area (Å²) in [5, 5.41) is 5.90. The number of rotatable bonds is 7. The van der Waals surface area contributed by atoms with Gasteiger partial charge in [-0.25, -0.2) is 0 Å². The molecule has 6 heteroatoms. The summed E-state index contributed by atoms with van der Waals surface area (Å²) in [6.07, 6.45) is 3.87. The number of nitrogen functional groups attached to an aromatic ring is 1. The Kier molecular flexibility index (Phi) is 6.45. The van der Waals surface area contributed by atoms with E-state index in [9.17, 15) is 9.59 Å². The summed E-state index contributed by atoms with van der Waals surface area (Å²) in [6.45, 7) is 1.96. The van der Waals surface area contributed by atoms with Crippen LogP contribution in [0.25, 0.3) is 11.6 Å². The number of nitrogens with two attached hydrogens (primary N) is 1. The molecule has 1 fully saturated rings. The molecule has 0 spiro atoms. The predicted molar refractivity (Wildman–Crippen MR) is 132 cm³/mol. The van der Waals surface area contributed by atoms with E-state index in [4.69, 9.17) is 10.5 Å². The number of aryl methyl sites for hydroxylation is 1. The van der Waals surface area contributed by atoms with Gasteiger partial charge in [0.05, 0.1) is 18.5 Å². The summed E-state index contributed by atoms with van der Waals surface area (Å²) in [7, 11) is 1.62. The van der Waals surface area contributed by atoms with Crippen molar-refractivity contribution >= 4 is 34.8 Å². The molecular formula is C27H27N3O3. The molecule has 4 rings (SSSR count). The van der Waals surface area contributed by atoms with Crippen molar-refractivity contribution in [2.75, 3.05) is 18.2 Å². The van der Waals surface area contributed by atoms with Crippen molar-refractivity contribution in [3.8, 4) is 5.75 Å². The number of benzene rings is 3. The number of methoxy groups -OCH3 is 1. The molecule has 0 radical (unpaired) electrons. The Morgan fingerprint density at radius 3 is 2.39 bits per heavy atom. The Hall–Kier alpha value is -4.06. The molecule has 4 N–H and O–H groups in total. The van der Waals surface area contributed by atoms with Crippen LogP contribution in [0.3, 0.4) is 0 Å². The third-order valence-corrected chi connectivity index (χ3v) is 5.57. The van der Waals surface area contributed by atoms with Crippen molar-refractivity contribution in [3.63, 3.8) is 0 Å². The van der Waals surface area contributed by atoms with Gasteiger partial charge in [0.25, 0.3) is 11.8 Å². The lowest BCUT2D eigenvalue weighted by Gasteiger charge is -2.13. The molecule has 0 unspecified atom stereocenters. The molecule has 2 amide bonds.